The van der Waals surface area contributed by atoms with Gasteiger partial charge in [0.15, 0.2) is 6.29 Å². The second-order valence-electron chi connectivity index (χ2n) is 15.2. The van der Waals surface area contributed by atoms with Crippen molar-refractivity contribution in [3.05, 3.63) is 83.0 Å². The molecule has 55 heavy (non-hydrogen) atoms. The van der Waals surface area contributed by atoms with E-state index in [9.17, 15) is 19.5 Å². The fourth-order valence-electron chi connectivity index (χ4n) is 7.11. The largest absolute Gasteiger partial charge is 0.393 e. The predicted molar refractivity (Wildman–Crippen MR) is 212 cm³/mol. The second kappa shape index (κ2) is 16.3. The number of hydrogen-bond acceptors (Lipinski definition) is 12. The number of aliphatic hydroxyl groups is 1. The molecule has 3 aromatic rings. The number of nitrogens with one attached hydrogen (secondary N) is 3. The van der Waals surface area contributed by atoms with Gasteiger partial charge in [-0.15, -0.1) is 0 Å². The van der Waals surface area contributed by atoms with E-state index in [2.05, 4.69) is 32.8 Å². The van der Waals surface area contributed by atoms with Gasteiger partial charge in [-0.05, 0) is 77.9 Å². The summed E-state index contributed by atoms with van der Waals surface area (Å²) in [6.45, 7) is 3.04. The zero-order chi connectivity index (χ0) is 39.6. The molecule has 3 atom stereocenters. The monoisotopic (exact) mass is 749 g/mol. The zero-order valence-corrected chi connectivity index (χ0v) is 32.2. The molecule has 2 aromatic heterocycles. The van der Waals surface area contributed by atoms with Crippen molar-refractivity contribution in [3.63, 3.8) is 0 Å². The van der Waals surface area contributed by atoms with E-state index in [1.165, 1.54) is 6.08 Å². The number of hydrogen-bond donors (Lipinski definition) is 6. The summed E-state index contributed by atoms with van der Waals surface area (Å²) in [7, 11) is 14.5. The summed E-state index contributed by atoms with van der Waals surface area (Å²) in [5.74, 6) is -0.517. The molecular formula is C39H52BN11O4. The molecule has 0 bridgehead atoms. The summed E-state index contributed by atoms with van der Waals surface area (Å²) < 4.78 is 2.05. The van der Waals surface area contributed by atoms with Gasteiger partial charge in [-0.25, -0.2) is 4.98 Å². The molecule has 8 N–H and O–H groups in total. The van der Waals surface area contributed by atoms with Crippen molar-refractivity contribution in [3.8, 4) is 11.1 Å². The van der Waals surface area contributed by atoms with Crippen LogP contribution in [-0.2, 0) is 15.2 Å². The lowest BCUT2D eigenvalue weighted by molar-refractivity contribution is -0.121. The van der Waals surface area contributed by atoms with E-state index in [0.717, 1.165) is 54.6 Å². The van der Waals surface area contributed by atoms with Crippen molar-refractivity contribution in [2.75, 3.05) is 51.5 Å². The lowest BCUT2D eigenvalue weighted by Gasteiger charge is -2.38. The van der Waals surface area contributed by atoms with Gasteiger partial charge in [-0.3, -0.25) is 24.0 Å². The van der Waals surface area contributed by atoms with E-state index in [1.807, 2.05) is 62.2 Å². The maximum atomic E-state index is 13.1. The number of anilines is 2. The van der Waals surface area contributed by atoms with Crippen LogP contribution < -0.4 is 32.3 Å². The molecule has 1 saturated heterocycles. The van der Waals surface area contributed by atoms with Gasteiger partial charge in [0, 0.05) is 49.3 Å². The number of carbonyl (C=O) groups is 3. The summed E-state index contributed by atoms with van der Waals surface area (Å²) >= 11 is 0. The van der Waals surface area contributed by atoms with Gasteiger partial charge in [0.25, 0.3) is 5.91 Å². The Hall–Kier alpha value is -5.19. The standard InChI is InChI=1S/C36H43BN10O4.C3H9N/c1-3-28-33-25(17-40-47(33)23-14-15-46(18-23)36(37,51)29-9-4-6-22(19-48)41-29)24-7-5-8-26(32(24)45(28)2)43-27(31(39)35(50)42-21-12-13-21)16-30(38)44-34(49)20-10-11-20;1-4(2)3/h4-9,16-17,19-21,23,28,43,51H,3,10-15,18,38-39H2,1-2H3,(H,42,50)(H,44,49);1-3H3/b30-16+,31-27+;. The van der Waals surface area contributed by atoms with Gasteiger partial charge in [-0.1, -0.05) is 25.1 Å². The SMILES string of the molecule is CN(C)C.[B]C(O)(c1cccc(C=O)n1)N1CCC(n2ncc3c2C(CC)N(C)c2c(NC(/C=C(\N)NC(=O)C4CC4)=C(/N)C(=O)NC4CC4)cccc2-3)C1. The number of nitrogens with two attached hydrogens (primary N) is 2. The number of fused-ring (bicyclic) bond motifs is 3. The molecule has 4 heterocycles. The molecular weight excluding hydrogens is 697 g/mol. The number of benzene rings is 1. The van der Waals surface area contributed by atoms with Gasteiger partial charge in [0.1, 0.15) is 30.7 Å². The van der Waals surface area contributed by atoms with Crippen LogP contribution in [-0.4, -0.2) is 103 Å². The molecule has 2 saturated carbocycles. The molecule has 3 fully saturated rings. The molecule has 15 nitrogen and oxygen atoms in total. The molecule has 4 aliphatic rings. The average Bonchev–Trinajstić information content (AvgIpc) is 4.08. The van der Waals surface area contributed by atoms with Crippen LogP contribution in [0.25, 0.3) is 11.1 Å². The van der Waals surface area contributed by atoms with Crippen molar-refractivity contribution in [2.45, 2.75) is 69.2 Å². The first-order chi connectivity index (χ1) is 26.2. The number of aldehydes is 1. The highest BCUT2D eigenvalue weighted by molar-refractivity contribution is 6.14. The Morgan fingerprint density at radius 1 is 1.07 bits per heavy atom. The Bertz CT molecular complexity index is 1980. The van der Waals surface area contributed by atoms with Crippen molar-refractivity contribution in [2.24, 2.45) is 17.4 Å². The molecule has 3 unspecified atom stereocenters. The van der Waals surface area contributed by atoms with Gasteiger partial charge in [-0.2, -0.15) is 5.10 Å². The number of amides is 2. The van der Waals surface area contributed by atoms with Gasteiger partial charge < -0.3 is 42.3 Å². The highest BCUT2D eigenvalue weighted by Gasteiger charge is 2.41. The first-order valence-corrected chi connectivity index (χ1v) is 18.8. The van der Waals surface area contributed by atoms with Crippen LogP contribution in [0, 0.1) is 5.92 Å². The van der Waals surface area contributed by atoms with E-state index >= 15 is 0 Å². The quantitative estimate of drug-likeness (QED) is 0.0685. The number of allylic oxidation sites excluding steroid dienone is 1. The van der Waals surface area contributed by atoms with Crippen LogP contribution in [0.2, 0.25) is 0 Å². The number of rotatable bonds is 12. The number of likely N-dealkylation sites (tertiary alicyclic amines) is 1. The molecule has 16 heteroatoms. The van der Waals surface area contributed by atoms with Crippen LogP contribution in [0.3, 0.4) is 0 Å². The highest BCUT2D eigenvalue weighted by Crippen LogP contribution is 2.50. The summed E-state index contributed by atoms with van der Waals surface area (Å²) in [5.41, 5.74) is 16.0. The Morgan fingerprint density at radius 2 is 1.78 bits per heavy atom. The fourth-order valence-corrected chi connectivity index (χ4v) is 7.11. The normalized spacial score (nSPS) is 21.0. The highest BCUT2D eigenvalue weighted by atomic mass is 16.3. The summed E-state index contributed by atoms with van der Waals surface area (Å²) in [6.07, 6.45) is 8.92. The Labute approximate surface area is 323 Å². The summed E-state index contributed by atoms with van der Waals surface area (Å²) in [4.78, 5) is 47.1. The molecule has 1 aromatic carbocycles. The molecule has 2 aliphatic heterocycles. The smallest absolute Gasteiger partial charge is 0.269 e. The maximum absolute atomic E-state index is 13.1. The van der Waals surface area contributed by atoms with Crippen molar-refractivity contribution < 1.29 is 19.5 Å². The van der Waals surface area contributed by atoms with E-state index in [4.69, 9.17) is 24.4 Å². The number of pyridine rings is 1. The van der Waals surface area contributed by atoms with Crippen molar-refractivity contribution in [1.82, 2.24) is 35.2 Å². The topological polar surface area (TPSA) is 200 Å². The number of nitrogens with zero attached hydrogens (tertiary/aromatic N) is 6. The van der Waals surface area contributed by atoms with Crippen LogP contribution in [0.1, 0.15) is 79.4 Å². The van der Waals surface area contributed by atoms with Crippen molar-refractivity contribution >= 4 is 37.3 Å². The van der Waals surface area contributed by atoms with Crippen LogP contribution >= 0.6 is 0 Å². The van der Waals surface area contributed by atoms with Gasteiger partial charge in [0.2, 0.25) is 5.91 Å². The number of para-hydroxylation sites is 1. The van der Waals surface area contributed by atoms with Crippen LogP contribution in [0.15, 0.2) is 65.9 Å². The number of carbonyl (C=O) groups excluding carboxylic acids is 3. The average molecular weight is 750 g/mol. The third-order valence-corrected chi connectivity index (χ3v) is 10.2. The molecule has 0 spiro atoms. The number of aromatic nitrogens is 3. The van der Waals surface area contributed by atoms with E-state index < -0.39 is 11.5 Å². The summed E-state index contributed by atoms with van der Waals surface area (Å²) in [5, 5.41) is 25.3. The third-order valence-electron chi connectivity index (χ3n) is 10.2. The lowest BCUT2D eigenvalue weighted by atomic mass is 9.85. The minimum absolute atomic E-state index is 0.0409. The lowest BCUT2D eigenvalue weighted by Crippen LogP contribution is -2.46. The minimum atomic E-state index is -1.86. The third kappa shape index (κ3) is 8.71. The Morgan fingerprint density at radius 3 is 2.44 bits per heavy atom. The molecule has 290 valence electrons. The van der Waals surface area contributed by atoms with E-state index in [-0.39, 0.29) is 58.6 Å². The van der Waals surface area contributed by atoms with Crippen LogP contribution in [0.5, 0.6) is 0 Å². The van der Waals surface area contributed by atoms with Crippen LogP contribution in [0.4, 0.5) is 11.4 Å². The second-order valence-corrected chi connectivity index (χ2v) is 15.2. The molecule has 2 aliphatic carbocycles. The molecule has 2 amide bonds. The predicted octanol–water partition coefficient (Wildman–Crippen LogP) is 2.24. The maximum Gasteiger partial charge on any atom is 0.269 e. The van der Waals surface area contributed by atoms with Crippen molar-refractivity contribution in [1.29, 1.82) is 0 Å². The fraction of sp³-hybridized carbons (Fsp3) is 0.462. The van der Waals surface area contributed by atoms with Gasteiger partial charge in [0.05, 0.1) is 46.7 Å². The first-order valence-electron chi connectivity index (χ1n) is 18.8. The molecule has 7 rings (SSSR count). The Kier molecular flexibility index (Phi) is 11.7. The Balaban J connectivity index is 0.00000123. The molecule has 2 radical (unpaired) electrons. The van der Waals surface area contributed by atoms with E-state index in [0.29, 0.717) is 31.5 Å². The first kappa shape index (κ1) is 39.5. The van der Waals surface area contributed by atoms with E-state index in [1.54, 1.807) is 23.1 Å². The minimum Gasteiger partial charge on any atom is -0.393 e. The zero-order valence-electron chi connectivity index (χ0n) is 32.2. The summed E-state index contributed by atoms with van der Waals surface area (Å²) in [6, 6.07) is 10.6. The van der Waals surface area contributed by atoms with Gasteiger partial charge >= 0.3 is 0 Å².